The summed E-state index contributed by atoms with van der Waals surface area (Å²) in [7, 11) is 3.45. The lowest BCUT2D eigenvalue weighted by Gasteiger charge is -2.17. The molecule has 1 atom stereocenters. The zero-order chi connectivity index (χ0) is 12.3. The van der Waals surface area contributed by atoms with Gasteiger partial charge in [0, 0.05) is 18.0 Å². The van der Waals surface area contributed by atoms with Crippen LogP contribution in [0, 0.1) is 0 Å². The van der Waals surface area contributed by atoms with Gasteiger partial charge in [0.25, 0.3) is 0 Å². The zero-order valence-corrected chi connectivity index (χ0v) is 11.4. The van der Waals surface area contributed by atoms with Gasteiger partial charge < -0.3 is 14.8 Å². The van der Waals surface area contributed by atoms with E-state index in [-0.39, 0.29) is 0 Å². The van der Waals surface area contributed by atoms with E-state index in [0.29, 0.717) is 5.92 Å². The smallest absolute Gasteiger partial charge is 0.132 e. The Kier molecular flexibility index (Phi) is 4.18. The molecule has 0 radical (unpaired) electrons. The average Bonchev–Trinajstić information content (AvgIpc) is 2.90. The van der Waals surface area contributed by atoms with Gasteiger partial charge in [-0.2, -0.15) is 0 Å². The van der Waals surface area contributed by atoms with E-state index in [2.05, 4.69) is 17.4 Å². The molecular weight excluding hydrogens is 234 g/mol. The maximum atomic E-state index is 5.50. The average molecular weight is 253 g/mol. The number of thioether (sulfide) groups is 1. The predicted octanol–water partition coefficient (Wildman–Crippen LogP) is 2.50. The summed E-state index contributed by atoms with van der Waals surface area (Å²) in [6.07, 6.45) is 3.21. The van der Waals surface area contributed by atoms with Gasteiger partial charge in [-0.1, -0.05) is 0 Å². The lowest BCUT2D eigenvalue weighted by atomic mass is 9.97. The third-order valence-electron chi connectivity index (χ3n) is 3.24. The molecule has 0 amide bonds. The van der Waals surface area contributed by atoms with Crippen molar-refractivity contribution in [3.8, 4) is 11.5 Å². The highest BCUT2D eigenvalue weighted by molar-refractivity contribution is 7.98. The third-order valence-corrected chi connectivity index (χ3v) is 3.99. The van der Waals surface area contributed by atoms with Crippen molar-refractivity contribution < 1.29 is 9.47 Å². The Morgan fingerprint density at radius 1 is 1.24 bits per heavy atom. The first kappa shape index (κ1) is 12.6. The first-order chi connectivity index (χ1) is 8.30. The van der Waals surface area contributed by atoms with Crippen molar-refractivity contribution in [3.63, 3.8) is 0 Å². The largest absolute Gasteiger partial charge is 0.496 e. The lowest BCUT2D eigenvalue weighted by molar-refractivity contribution is 0.388. The molecule has 0 aromatic heterocycles. The van der Waals surface area contributed by atoms with Gasteiger partial charge in [0.2, 0.25) is 0 Å². The SMILES string of the molecule is COc1cc(C2CCNC2)c(OC)cc1SC. The van der Waals surface area contributed by atoms with Crippen LogP contribution in [-0.4, -0.2) is 33.6 Å². The minimum absolute atomic E-state index is 0.537. The van der Waals surface area contributed by atoms with Crippen LogP contribution in [0.5, 0.6) is 11.5 Å². The first-order valence-corrected chi connectivity index (χ1v) is 7.03. The number of methoxy groups -OCH3 is 2. The van der Waals surface area contributed by atoms with Gasteiger partial charge in [0.1, 0.15) is 11.5 Å². The number of rotatable bonds is 4. The van der Waals surface area contributed by atoms with Gasteiger partial charge in [0.15, 0.2) is 0 Å². The van der Waals surface area contributed by atoms with Crippen LogP contribution >= 0.6 is 11.8 Å². The molecule has 94 valence electrons. The fourth-order valence-corrected chi connectivity index (χ4v) is 2.86. The molecule has 1 aromatic carbocycles. The van der Waals surface area contributed by atoms with Gasteiger partial charge in [0.05, 0.1) is 19.1 Å². The summed E-state index contributed by atoms with van der Waals surface area (Å²) in [5.74, 6) is 2.46. The minimum atomic E-state index is 0.537. The van der Waals surface area contributed by atoms with Gasteiger partial charge >= 0.3 is 0 Å². The topological polar surface area (TPSA) is 30.5 Å². The van der Waals surface area contributed by atoms with E-state index in [1.165, 1.54) is 5.56 Å². The molecule has 17 heavy (non-hydrogen) atoms. The van der Waals surface area contributed by atoms with Crippen LogP contribution in [0.15, 0.2) is 17.0 Å². The molecule has 2 rings (SSSR count). The van der Waals surface area contributed by atoms with Gasteiger partial charge in [-0.05, 0) is 31.4 Å². The maximum Gasteiger partial charge on any atom is 0.132 e. The molecule has 1 aliphatic heterocycles. The molecule has 0 saturated carbocycles. The van der Waals surface area contributed by atoms with Crippen LogP contribution in [0.2, 0.25) is 0 Å². The molecule has 1 N–H and O–H groups in total. The highest BCUT2D eigenvalue weighted by atomic mass is 32.2. The summed E-state index contributed by atoms with van der Waals surface area (Å²) in [5, 5.41) is 3.39. The maximum absolute atomic E-state index is 5.50. The van der Waals surface area contributed by atoms with Crippen molar-refractivity contribution in [1.82, 2.24) is 5.32 Å². The van der Waals surface area contributed by atoms with Gasteiger partial charge in [-0.15, -0.1) is 11.8 Å². The highest BCUT2D eigenvalue weighted by Crippen LogP contribution is 2.39. The number of benzene rings is 1. The van der Waals surface area contributed by atoms with Crippen LogP contribution in [0.1, 0.15) is 17.9 Å². The van der Waals surface area contributed by atoms with Crippen molar-refractivity contribution in [2.75, 3.05) is 33.6 Å². The number of ether oxygens (including phenoxy) is 2. The Labute approximate surface area is 107 Å². The van der Waals surface area contributed by atoms with E-state index >= 15 is 0 Å². The summed E-state index contributed by atoms with van der Waals surface area (Å²) in [6.45, 7) is 2.11. The quantitative estimate of drug-likeness (QED) is 0.835. The molecule has 1 aromatic rings. The summed E-state index contributed by atoms with van der Waals surface area (Å²) in [6, 6.07) is 4.21. The molecule has 4 heteroatoms. The molecule has 1 unspecified atom stereocenters. The molecule has 0 bridgehead atoms. The highest BCUT2D eigenvalue weighted by Gasteiger charge is 2.22. The van der Waals surface area contributed by atoms with E-state index in [4.69, 9.17) is 9.47 Å². The molecule has 3 nitrogen and oxygen atoms in total. The Morgan fingerprint density at radius 3 is 2.53 bits per heavy atom. The second kappa shape index (κ2) is 5.65. The molecule has 1 fully saturated rings. The summed E-state index contributed by atoms with van der Waals surface area (Å²) >= 11 is 1.68. The van der Waals surface area contributed by atoms with Crippen molar-refractivity contribution in [1.29, 1.82) is 0 Å². The molecule has 1 saturated heterocycles. The van der Waals surface area contributed by atoms with Gasteiger partial charge in [-0.25, -0.2) is 0 Å². The molecular formula is C13H19NO2S. The van der Waals surface area contributed by atoms with Crippen molar-refractivity contribution in [2.45, 2.75) is 17.2 Å². The van der Waals surface area contributed by atoms with Crippen LogP contribution in [0.4, 0.5) is 0 Å². The normalized spacial score (nSPS) is 19.4. The lowest BCUT2D eigenvalue weighted by Crippen LogP contribution is -2.09. The van der Waals surface area contributed by atoms with E-state index < -0.39 is 0 Å². The zero-order valence-electron chi connectivity index (χ0n) is 10.6. The molecule has 1 heterocycles. The van der Waals surface area contributed by atoms with E-state index in [9.17, 15) is 0 Å². The standard InChI is InChI=1S/C13H19NO2S/c1-15-11-7-13(17-3)12(16-2)6-10(11)9-4-5-14-8-9/h6-7,9,14H,4-5,8H2,1-3H3. The fraction of sp³-hybridized carbons (Fsp3) is 0.538. The monoisotopic (exact) mass is 253 g/mol. The Hall–Kier alpha value is -0.870. The van der Waals surface area contributed by atoms with Gasteiger partial charge in [-0.3, -0.25) is 0 Å². The van der Waals surface area contributed by atoms with E-state index in [1.54, 1.807) is 26.0 Å². The van der Waals surface area contributed by atoms with E-state index in [0.717, 1.165) is 35.9 Å². The molecule has 0 spiro atoms. The van der Waals surface area contributed by atoms with Crippen LogP contribution in [-0.2, 0) is 0 Å². The minimum Gasteiger partial charge on any atom is -0.496 e. The summed E-state index contributed by atoms with van der Waals surface area (Å²) < 4.78 is 10.9. The predicted molar refractivity (Wildman–Crippen MR) is 71.6 cm³/mol. The summed E-state index contributed by atoms with van der Waals surface area (Å²) in [5.41, 5.74) is 1.26. The number of hydrogen-bond donors (Lipinski definition) is 1. The third kappa shape index (κ3) is 2.53. The van der Waals surface area contributed by atoms with Crippen LogP contribution in [0.25, 0.3) is 0 Å². The number of nitrogens with one attached hydrogen (secondary N) is 1. The molecule has 1 aliphatic rings. The number of hydrogen-bond acceptors (Lipinski definition) is 4. The molecule has 0 aliphatic carbocycles. The van der Waals surface area contributed by atoms with Crippen LogP contribution < -0.4 is 14.8 Å². The first-order valence-electron chi connectivity index (χ1n) is 5.80. The second-order valence-electron chi connectivity index (χ2n) is 4.14. The van der Waals surface area contributed by atoms with E-state index in [1.807, 2.05) is 6.26 Å². The van der Waals surface area contributed by atoms with Crippen LogP contribution in [0.3, 0.4) is 0 Å². The van der Waals surface area contributed by atoms with Crippen molar-refractivity contribution >= 4 is 11.8 Å². The second-order valence-corrected chi connectivity index (χ2v) is 4.99. The fourth-order valence-electron chi connectivity index (χ4n) is 2.29. The summed E-state index contributed by atoms with van der Waals surface area (Å²) in [4.78, 5) is 1.12. The van der Waals surface area contributed by atoms with Crippen molar-refractivity contribution in [2.24, 2.45) is 0 Å². The Morgan fingerprint density at radius 2 is 2.00 bits per heavy atom. The Bertz CT molecular complexity index is 389. The Balaban J connectivity index is 2.41. The van der Waals surface area contributed by atoms with Crippen molar-refractivity contribution in [3.05, 3.63) is 17.7 Å².